The number of ether oxygens (including phenoxy) is 1. The van der Waals surface area contributed by atoms with Crippen molar-refractivity contribution in [2.24, 2.45) is 0 Å². The Bertz CT molecular complexity index is 285. The van der Waals surface area contributed by atoms with E-state index in [-0.39, 0.29) is 0 Å². The van der Waals surface area contributed by atoms with Crippen molar-refractivity contribution < 1.29 is 4.74 Å². The molecule has 3 heteroatoms. The third-order valence-electron chi connectivity index (χ3n) is 2.02. The highest BCUT2D eigenvalue weighted by molar-refractivity contribution is 5.52. The molecular weight excluding hydrogens is 176 g/mol. The molecule has 0 saturated heterocycles. The van der Waals surface area contributed by atoms with E-state index in [2.05, 4.69) is 24.1 Å². The maximum Gasteiger partial charge on any atom is 0.237 e. The molecule has 0 radical (unpaired) electrons. The minimum absolute atomic E-state index is 0.401. The van der Waals surface area contributed by atoms with Gasteiger partial charge < -0.3 is 10.1 Å². The molecule has 14 heavy (non-hydrogen) atoms. The average Bonchev–Trinajstić information content (AvgIpc) is 2.91. The van der Waals surface area contributed by atoms with Crippen LogP contribution in [0.25, 0.3) is 0 Å². The van der Waals surface area contributed by atoms with Gasteiger partial charge in [-0.1, -0.05) is 0 Å². The fraction of sp³-hybridized carbons (Fsp3) is 0.545. The Hall–Kier alpha value is -1.25. The molecule has 1 aromatic heterocycles. The maximum atomic E-state index is 5.68. The van der Waals surface area contributed by atoms with Crippen molar-refractivity contribution in [2.45, 2.75) is 38.8 Å². The van der Waals surface area contributed by atoms with Crippen LogP contribution >= 0.6 is 0 Å². The molecule has 1 aromatic rings. The first kappa shape index (κ1) is 9.31. The van der Waals surface area contributed by atoms with Gasteiger partial charge in [-0.2, -0.15) is 0 Å². The van der Waals surface area contributed by atoms with Crippen molar-refractivity contribution in [1.82, 2.24) is 4.98 Å². The molecule has 1 fully saturated rings. The van der Waals surface area contributed by atoms with E-state index in [4.69, 9.17) is 4.74 Å². The lowest BCUT2D eigenvalue weighted by Gasteiger charge is -2.13. The SMILES string of the molecule is CC(C)Nc1cccnc1OC1CC1. The van der Waals surface area contributed by atoms with Crippen molar-refractivity contribution in [3.63, 3.8) is 0 Å². The summed E-state index contributed by atoms with van der Waals surface area (Å²) in [5.74, 6) is 0.740. The summed E-state index contributed by atoms with van der Waals surface area (Å²) in [6.45, 7) is 4.21. The zero-order valence-electron chi connectivity index (χ0n) is 8.66. The first-order valence-electron chi connectivity index (χ1n) is 5.14. The smallest absolute Gasteiger partial charge is 0.237 e. The summed E-state index contributed by atoms with van der Waals surface area (Å²) in [6, 6.07) is 4.33. The lowest BCUT2D eigenvalue weighted by molar-refractivity contribution is 0.292. The first-order valence-corrected chi connectivity index (χ1v) is 5.14. The van der Waals surface area contributed by atoms with Gasteiger partial charge in [0.15, 0.2) is 0 Å². The monoisotopic (exact) mass is 192 g/mol. The van der Waals surface area contributed by atoms with E-state index in [0.717, 1.165) is 24.4 Å². The van der Waals surface area contributed by atoms with Gasteiger partial charge >= 0.3 is 0 Å². The number of pyridine rings is 1. The van der Waals surface area contributed by atoms with Crippen LogP contribution in [0.2, 0.25) is 0 Å². The standard InChI is InChI=1S/C11H16N2O/c1-8(2)13-10-4-3-7-12-11(10)14-9-5-6-9/h3-4,7-9,13H,5-6H2,1-2H3. The molecular formula is C11H16N2O. The molecule has 0 atom stereocenters. The zero-order valence-corrected chi connectivity index (χ0v) is 8.66. The lowest BCUT2D eigenvalue weighted by Crippen LogP contribution is -2.12. The van der Waals surface area contributed by atoms with Crippen LogP contribution in [0.3, 0.4) is 0 Å². The molecule has 0 unspecified atom stereocenters. The Morgan fingerprint density at radius 1 is 1.50 bits per heavy atom. The molecule has 1 aliphatic carbocycles. The Morgan fingerprint density at radius 2 is 2.29 bits per heavy atom. The predicted molar refractivity (Wildman–Crippen MR) is 56.6 cm³/mol. The van der Waals surface area contributed by atoms with Crippen LogP contribution < -0.4 is 10.1 Å². The van der Waals surface area contributed by atoms with Gasteiger partial charge in [0.05, 0.1) is 5.69 Å². The molecule has 0 aromatic carbocycles. The van der Waals surface area contributed by atoms with Crippen molar-refractivity contribution in [3.05, 3.63) is 18.3 Å². The van der Waals surface area contributed by atoms with Gasteiger partial charge in [0.25, 0.3) is 0 Å². The van der Waals surface area contributed by atoms with E-state index in [0.29, 0.717) is 12.1 Å². The quantitative estimate of drug-likeness (QED) is 0.795. The summed E-state index contributed by atoms with van der Waals surface area (Å²) in [7, 11) is 0. The van der Waals surface area contributed by atoms with Gasteiger partial charge in [0.1, 0.15) is 6.10 Å². The van der Waals surface area contributed by atoms with Crippen LogP contribution in [0.1, 0.15) is 26.7 Å². The fourth-order valence-corrected chi connectivity index (χ4v) is 1.25. The molecule has 0 aliphatic heterocycles. The van der Waals surface area contributed by atoms with Crippen LogP contribution in [-0.4, -0.2) is 17.1 Å². The molecule has 3 nitrogen and oxygen atoms in total. The Kier molecular flexibility index (Phi) is 2.57. The molecule has 2 rings (SSSR count). The lowest BCUT2D eigenvalue weighted by atomic mass is 10.3. The second kappa shape index (κ2) is 3.86. The summed E-state index contributed by atoms with van der Waals surface area (Å²) in [5, 5.41) is 3.32. The number of anilines is 1. The summed E-state index contributed by atoms with van der Waals surface area (Å²) in [5.41, 5.74) is 0.995. The number of aromatic nitrogens is 1. The van der Waals surface area contributed by atoms with Crippen LogP contribution in [0.5, 0.6) is 5.88 Å². The third-order valence-corrected chi connectivity index (χ3v) is 2.02. The van der Waals surface area contributed by atoms with E-state index in [1.165, 1.54) is 0 Å². The Balaban J connectivity index is 2.10. The third kappa shape index (κ3) is 2.37. The highest BCUT2D eigenvalue weighted by Gasteiger charge is 2.25. The average molecular weight is 192 g/mol. The molecule has 0 spiro atoms. The van der Waals surface area contributed by atoms with Crippen LogP contribution in [0.4, 0.5) is 5.69 Å². The van der Waals surface area contributed by atoms with Crippen molar-refractivity contribution >= 4 is 5.69 Å². The number of hydrogen-bond donors (Lipinski definition) is 1. The van der Waals surface area contributed by atoms with Gasteiger partial charge in [0, 0.05) is 12.2 Å². The highest BCUT2D eigenvalue weighted by atomic mass is 16.5. The second-order valence-electron chi connectivity index (χ2n) is 3.97. The summed E-state index contributed by atoms with van der Waals surface area (Å²) in [6.07, 6.45) is 4.50. The minimum atomic E-state index is 0.401. The number of rotatable bonds is 4. The van der Waals surface area contributed by atoms with Crippen LogP contribution in [-0.2, 0) is 0 Å². The van der Waals surface area contributed by atoms with E-state index in [9.17, 15) is 0 Å². The van der Waals surface area contributed by atoms with Gasteiger partial charge in [-0.3, -0.25) is 0 Å². The maximum absolute atomic E-state index is 5.68. The molecule has 76 valence electrons. The van der Waals surface area contributed by atoms with Gasteiger partial charge in [-0.25, -0.2) is 4.98 Å². The minimum Gasteiger partial charge on any atom is -0.473 e. The van der Waals surface area contributed by atoms with E-state index in [1.807, 2.05) is 12.1 Å². The van der Waals surface area contributed by atoms with Crippen LogP contribution in [0, 0.1) is 0 Å². The molecule has 1 aliphatic rings. The Morgan fingerprint density at radius 3 is 2.93 bits per heavy atom. The highest BCUT2D eigenvalue weighted by Crippen LogP contribution is 2.30. The topological polar surface area (TPSA) is 34.2 Å². The number of hydrogen-bond acceptors (Lipinski definition) is 3. The zero-order chi connectivity index (χ0) is 9.97. The summed E-state index contributed by atoms with van der Waals surface area (Å²) in [4.78, 5) is 4.23. The van der Waals surface area contributed by atoms with Crippen LogP contribution in [0.15, 0.2) is 18.3 Å². The van der Waals surface area contributed by atoms with E-state index >= 15 is 0 Å². The largest absolute Gasteiger partial charge is 0.473 e. The molecule has 0 amide bonds. The van der Waals surface area contributed by atoms with E-state index < -0.39 is 0 Å². The summed E-state index contributed by atoms with van der Waals surface area (Å²) >= 11 is 0. The molecule has 1 heterocycles. The van der Waals surface area contributed by atoms with Gasteiger partial charge in [-0.15, -0.1) is 0 Å². The number of nitrogens with zero attached hydrogens (tertiary/aromatic N) is 1. The fourth-order valence-electron chi connectivity index (χ4n) is 1.25. The molecule has 1 saturated carbocycles. The predicted octanol–water partition coefficient (Wildman–Crippen LogP) is 2.44. The number of nitrogens with one attached hydrogen (secondary N) is 1. The van der Waals surface area contributed by atoms with Gasteiger partial charge in [-0.05, 0) is 38.8 Å². The Labute approximate surface area is 84.5 Å². The second-order valence-corrected chi connectivity index (χ2v) is 3.97. The van der Waals surface area contributed by atoms with E-state index in [1.54, 1.807) is 6.20 Å². The first-order chi connectivity index (χ1) is 6.75. The van der Waals surface area contributed by atoms with Crippen molar-refractivity contribution in [1.29, 1.82) is 0 Å². The van der Waals surface area contributed by atoms with Crippen molar-refractivity contribution in [2.75, 3.05) is 5.32 Å². The normalized spacial score (nSPS) is 15.6. The molecule has 1 N–H and O–H groups in total. The van der Waals surface area contributed by atoms with Crippen molar-refractivity contribution in [3.8, 4) is 5.88 Å². The molecule has 0 bridgehead atoms. The summed E-state index contributed by atoms with van der Waals surface area (Å²) < 4.78 is 5.68. The van der Waals surface area contributed by atoms with Gasteiger partial charge in [0.2, 0.25) is 5.88 Å².